The second kappa shape index (κ2) is 12.6. The second-order valence-electron chi connectivity index (χ2n) is 10.3. The van der Waals surface area contributed by atoms with Crippen LogP contribution in [0.15, 0.2) is 35.3 Å². The van der Waals surface area contributed by atoms with E-state index in [-0.39, 0.29) is 54.1 Å². The Morgan fingerprint density at radius 2 is 1.79 bits per heavy atom. The van der Waals surface area contributed by atoms with Gasteiger partial charge in [0.1, 0.15) is 17.8 Å². The highest BCUT2D eigenvalue weighted by Crippen LogP contribution is 2.40. The average molecular weight is 646 g/mol. The van der Waals surface area contributed by atoms with Gasteiger partial charge in [-0.3, -0.25) is 14.4 Å². The van der Waals surface area contributed by atoms with Crippen LogP contribution in [-0.4, -0.2) is 66.3 Å². The van der Waals surface area contributed by atoms with Crippen LogP contribution < -0.4 is 26.1 Å². The van der Waals surface area contributed by atoms with Crippen LogP contribution in [0.25, 0.3) is 10.9 Å². The Labute approximate surface area is 254 Å². The molecular weight excluding hydrogens is 617 g/mol. The number of piperazine rings is 1. The highest BCUT2D eigenvalue weighted by molar-refractivity contribution is 6.35. The van der Waals surface area contributed by atoms with Crippen molar-refractivity contribution in [2.75, 3.05) is 31.6 Å². The molecule has 4 rings (SSSR count). The first kappa shape index (κ1) is 32.4. The fraction of sp³-hybridized carbons (Fsp3) is 0.393. The van der Waals surface area contributed by atoms with E-state index in [1.807, 2.05) is 0 Å². The van der Waals surface area contributed by atoms with E-state index in [1.54, 1.807) is 29.7 Å². The number of nitrogens with zero attached hydrogens (tertiary/aromatic N) is 3. The van der Waals surface area contributed by atoms with E-state index < -0.39 is 52.9 Å². The minimum Gasteiger partial charge on any atom is -0.492 e. The number of anilines is 1. The van der Waals surface area contributed by atoms with Crippen molar-refractivity contribution in [3.63, 3.8) is 0 Å². The van der Waals surface area contributed by atoms with Gasteiger partial charge in [-0.2, -0.15) is 13.2 Å². The number of aromatic nitrogens is 1. The number of ether oxygens (including phenoxy) is 1. The van der Waals surface area contributed by atoms with Gasteiger partial charge in [-0.05, 0) is 37.6 Å². The van der Waals surface area contributed by atoms with Gasteiger partial charge in [-0.25, -0.2) is 4.39 Å². The zero-order chi connectivity index (χ0) is 31.8. The van der Waals surface area contributed by atoms with Crippen molar-refractivity contribution in [1.29, 1.82) is 0 Å². The first-order chi connectivity index (χ1) is 20.2. The molecule has 2 amide bonds. The maximum Gasteiger partial charge on any atom is 0.406 e. The molecule has 0 bridgehead atoms. The molecule has 1 fully saturated rings. The Hall–Kier alpha value is -3.55. The largest absolute Gasteiger partial charge is 0.492 e. The molecule has 1 aliphatic rings. The summed E-state index contributed by atoms with van der Waals surface area (Å²) in [4.78, 5) is 42.0. The maximum absolute atomic E-state index is 15.8. The minimum atomic E-state index is -4.77. The number of nitrogens with two attached hydrogens (primary N) is 1. The molecule has 2 atom stereocenters. The number of halogens is 6. The first-order valence-corrected chi connectivity index (χ1v) is 13.9. The highest BCUT2D eigenvalue weighted by Gasteiger charge is 2.36. The first-order valence-electron chi connectivity index (χ1n) is 13.2. The van der Waals surface area contributed by atoms with E-state index in [4.69, 9.17) is 33.7 Å². The Morgan fingerprint density at radius 1 is 1.14 bits per heavy atom. The van der Waals surface area contributed by atoms with E-state index in [2.05, 4.69) is 5.32 Å². The second-order valence-corrected chi connectivity index (χ2v) is 11.1. The maximum atomic E-state index is 15.8. The van der Waals surface area contributed by atoms with Crippen molar-refractivity contribution in [2.24, 2.45) is 5.73 Å². The van der Waals surface area contributed by atoms with Crippen LogP contribution >= 0.6 is 23.2 Å². The quantitative estimate of drug-likeness (QED) is 0.370. The zero-order valence-electron chi connectivity index (χ0n) is 23.4. The van der Waals surface area contributed by atoms with Gasteiger partial charge in [-0.15, -0.1) is 0 Å². The minimum absolute atomic E-state index is 0.117. The van der Waals surface area contributed by atoms with E-state index in [0.29, 0.717) is 15.2 Å². The lowest BCUT2D eigenvalue weighted by molar-refractivity contribution is -0.140. The lowest BCUT2D eigenvalue weighted by Crippen LogP contribution is -2.60. The molecule has 2 aromatic carbocycles. The molecule has 0 aliphatic carbocycles. The Balaban J connectivity index is 1.83. The lowest BCUT2D eigenvalue weighted by atomic mass is 10.0. The predicted molar refractivity (Wildman–Crippen MR) is 155 cm³/mol. The van der Waals surface area contributed by atoms with Gasteiger partial charge < -0.3 is 30.2 Å². The fourth-order valence-corrected chi connectivity index (χ4v) is 5.97. The fourth-order valence-electron chi connectivity index (χ4n) is 5.49. The summed E-state index contributed by atoms with van der Waals surface area (Å²) in [5.41, 5.74) is 3.86. The van der Waals surface area contributed by atoms with Gasteiger partial charge in [0.05, 0.1) is 24.6 Å². The van der Waals surface area contributed by atoms with Crippen LogP contribution in [0.4, 0.5) is 23.2 Å². The van der Waals surface area contributed by atoms with Gasteiger partial charge in [0.25, 0.3) is 5.91 Å². The Kier molecular flexibility index (Phi) is 9.48. The molecule has 9 nitrogen and oxygen atoms in total. The number of nitrogens with one attached hydrogen (secondary N) is 1. The van der Waals surface area contributed by atoms with Crippen LogP contribution in [0.3, 0.4) is 0 Å². The van der Waals surface area contributed by atoms with Crippen molar-refractivity contribution in [3.05, 3.63) is 67.7 Å². The molecule has 3 N–H and O–H groups in total. The van der Waals surface area contributed by atoms with Crippen molar-refractivity contribution in [3.8, 4) is 5.75 Å². The normalized spacial score (nSPS) is 17.3. The summed E-state index contributed by atoms with van der Waals surface area (Å²) in [6.45, 7) is 1.75. The standard InChI is InChI=1S/C28H29Cl2F4N5O4/c1-14-10-37(11-15(2)39(14)22(40)8-35)24-21(31)7-18-23(26(24)43-3)38(13-28(32,33)34)12-19(25(18)41)27(42)36-9-16-4-5-17(29)6-20(16)30/h4-7,12,14-15H,8-11,13,35H2,1-3H3,(H,36,42)/t14-,15+. The van der Waals surface area contributed by atoms with Gasteiger partial charge in [0.15, 0.2) is 11.6 Å². The van der Waals surface area contributed by atoms with E-state index >= 15 is 4.39 Å². The number of rotatable bonds is 7. The van der Waals surface area contributed by atoms with Crippen LogP contribution in [0.1, 0.15) is 29.8 Å². The summed E-state index contributed by atoms with van der Waals surface area (Å²) in [6, 6.07) is 4.49. The predicted octanol–water partition coefficient (Wildman–Crippen LogP) is 4.33. The number of fused-ring (bicyclic) bond motifs is 1. The number of pyridine rings is 1. The summed E-state index contributed by atoms with van der Waals surface area (Å²) in [6.07, 6.45) is -3.99. The van der Waals surface area contributed by atoms with E-state index in [1.165, 1.54) is 12.1 Å². The monoisotopic (exact) mass is 645 g/mol. The highest BCUT2D eigenvalue weighted by atomic mass is 35.5. The van der Waals surface area contributed by atoms with E-state index in [0.717, 1.165) is 19.4 Å². The smallest absolute Gasteiger partial charge is 0.406 e. The van der Waals surface area contributed by atoms with Crippen molar-refractivity contribution in [1.82, 2.24) is 14.8 Å². The van der Waals surface area contributed by atoms with Gasteiger partial charge in [0.2, 0.25) is 11.3 Å². The molecule has 0 spiro atoms. The van der Waals surface area contributed by atoms with Crippen molar-refractivity contribution < 1.29 is 31.9 Å². The summed E-state index contributed by atoms with van der Waals surface area (Å²) < 4.78 is 63.3. The number of carbonyl (C=O) groups excluding carboxylic acids is 2. The number of hydrogen-bond donors (Lipinski definition) is 2. The lowest BCUT2D eigenvalue weighted by Gasteiger charge is -2.45. The number of benzene rings is 2. The average Bonchev–Trinajstić information content (AvgIpc) is 2.91. The molecule has 0 radical (unpaired) electrons. The molecule has 43 heavy (non-hydrogen) atoms. The van der Waals surface area contributed by atoms with Crippen LogP contribution in [0, 0.1) is 5.82 Å². The molecular formula is C28H29Cl2F4N5O4. The molecule has 232 valence electrons. The number of carbonyl (C=O) groups is 2. The van der Waals surface area contributed by atoms with E-state index in [9.17, 15) is 27.6 Å². The number of alkyl halides is 3. The molecule has 0 unspecified atom stereocenters. The van der Waals surface area contributed by atoms with Crippen molar-refractivity contribution >= 4 is 51.6 Å². The molecule has 1 aliphatic heterocycles. The SMILES string of the molecule is COc1c(N2C[C@@H](C)N(C(=O)CN)[C@@H](C)C2)c(F)cc2c(=O)c(C(=O)NCc3ccc(Cl)cc3Cl)cn(CC(F)(F)F)c12. The third-order valence-electron chi connectivity index (χ3n) is 7.19. The molecule has 1 saturated heterocycles. The summed E-state index contributed by atoms with van der Waals surface area (Å²) in [5.74, 6) is -2.54. The van der Waals surface area contributed by atoms with Crippen LogP contribution in [0.2, 0.25) is 10.0 Å². The van der Waals surface area contributed by atoms with Gasteiger partial charge in [0, 0.05) is 48.0 Å². The number of amides is 2. The van der Waals surface area contributed by atoms with Gasteiger partial charge >= 0.3 is 6.18 Å². The molecule has 0 saturated carbocycles. The Morgan fingerprint density at radius 3 is 2.35 bits per heavy atom. The summed E-state index contributed by atoms with van der Waals surface area (Å²) in [7, 11) is 1.15. The molecule has 2 heterocycles. The third kappa shape index (κ3) is 6.68. The van der Waals surface area contributed by atoms with Crippen LogP contribution in [0.5, 0.6) is 5.75 Å². The topological polar surface area (TPSA) is 110 Å². The summed E-state index contributed by atoms with van der Waals surface area (Å²) in [5, 5.41) is 2.58. The molecule has 3 aromatic rings. The summed E-state index contributed by atoms with van der Waals surface area (Å²) >= 11 is 12.0. The zero-order valence-corrected chi connectivity index (χ0v) is 24.9. The van der Waals surface area contributed by atoms with Crippen molar-refractivity contribution in [2.45, 2.75) is 45.2 Å². The molecule has 1 aromatic heterocycles. The van der Waals surface area contributed by atoms with Gasteiger partial charge in [-0.1, -0.05) is 29.3 Å². The molecule has 15 heteroatoms. The third-order valence-corrected chi connectivity index (χ3v) is 7.78. The van der Waals surface area contributed by atoms with Crippen LogP contribution in [-0.2, 0) is 17.9 Å². The Bertz CT molecular complexity index is 1620. The number of methoxy groups -OCH3 is 1. The number of hydrogen-bond acceptors (Lipinski definition) is 6.